The zero-order valence-electron chi connectivity index (χ0n) is 16.4. The van der Waals surface area contributed by atoms with Crippen LogP contribution in [0.15, 0.2) is 48.5 Å². The molecule has 0 aliphatic carbocycles. The lowest BCUT2D eigenvalue weighted by molar-refractivity contribution is 0.144. The molecule has 0 spiro atoms. The molecule has 0 amide bonds. The summed E-state index contributed by atoms with van der Waals surface area (Å²) in [7, 11) is 0. The molecule has 7 heteroatoms. The van der Waals surface area contributed by atoms with Gasteiger partial charge in [0.2, 0.25) is 0 Å². The van der Waals surface area contributed by atoms with Crippen molar-refractivity contribution in [2.24, 2.45) is 0 Å². The first kappa shape index (κ1) is 18.8. The maximum absolute atomic E-state index is 10.9. The summed E-state index contributed by atoms with van der Waals surface area (Å²) in [6, 6.07) is 15.5. The summed E-state index contributed by atoms with van der Waals surface area (Å²) in [5.74, 6) is 1.11. The molecule has 1 fully saturated rings. The zero-order valence-corrected chi connectivity index (χ0v) is 17.2. The molecule has 6 nitrogen and oxygen atoms in total. The molecule has 1 aliphatic rings. The van der Waals surface area contributed by atoms with Crippen molar-refractivity contribution in [3.8, 4) is 16.3 Å². The van der Waals surface area contributed by atoms with Crippen LogP contribution in [0.25, 0.3) is 31.7 Å². The van der Waals surface area contributed by atoms with Gasteiger partial charge in [-0.05, 0) is 42.5 Å². The van der Waals surface area contributed by atoms with Crippen molar-refractivity contribution >= 4 is 44.4 Å². The number of nitrogens with zero attached hydrogens (tertiary/aromatic N) is 3. The molecule has 0 bridgehead atoms. The van der Waals surface area contributed by atoms with Gasteiger partial charge in [-0.3, -0.25) is 0 Å². The fourth-order valence-corrected chi connectivity index (χ4v) is 5.00. The van der Waals surface area contributed by atoms with Gasteiger partial charge in [0.15, 0.2) is 5.82 Å². The van der Waals surface area contributed by atoms with Gasteiger partial charge in [-0.2, -0.15) is 0 Å². The number of carbonyl (C=O) groups is 1. The molecular weight excluding hydrogens is 398 g/mol. The molecule has 1 N–H and O–H groups in total. The van der Waals surface area contributed by atoms with E-state index in [1.807, 2.05) is 12.1 Å². The van der Waals surface area contributed by atoms with E-state index in [1.54, 1.807) is 29.5 Å². The fraction of sp³-hybridized carbons (Fsp3) is 0.261. The lowest BCUT2D eigenvalue weighted by atomic mass is 10.2. The van der Waals surface area contributed by atoms with E-state index in [2.05, 4.69) is 23.1 Å². The first-order chi connectivity index (χ1) is 14.7. The van der Waals surface area contributed by atoms with Gasteiger partial charge < -0.3 is 14.7 Å². The molecule has 3 heterocycles. The number of fused-ring (bicyclic) bond motifs is 2. The molecule has 0 radical (unpaired) electrons. The Morgan fingerprint density at radius 2 is 1.77 bits per heavy atom. The van der Waals surface area contributed by atoms with Crippen LogP contribution in [0.4, 0.5) is 10.6 Å². The molecule has 1 aliphatic heterocycles. The van der Waals surface area contributed by atoms with Gasteiger partial charge in [-0.25, -0.2) is 14.8 Å². The van der Waals surface area contributed by atoms with E-state index < -0.39 is 6.16 Å². The van der Waals surface area contributed by atoms with Crippen molar-refractivity contribution in [2.75, 3.05) is 18.0 Å². The highest BCUT2D eigenvalue weighted by Crippen LogP contribution is 2.38. The first-order valence-electron chi connectivity index (χ1n) is 10.1. The molecule has 1 saturated heterocycles. The minimum absolute atomic E-state index is 0.251. The van der Waals surface area contributed by atoms with Crippen LogP contribution in [0, 0.1) is 0 Å². The molecule has 4 aromatic rings. The standard InChI is InChI=1S/C23H21N3O3S/c27-23(28)29-16-9-10-17-18(14-16)25-22(26-11-5-1-2-6-12-26)21(24-17)20-13-15-7-3-4-8-19(15)30-20/h3-4,7-10,13-14H,1-2,5-6,11-12H2,(H,27,28). The van der Waals surface area contributed by atoms with Gasteiger partial charge in [-0.1, -0.05) is 31.0 Å². The van der Waals surface area contributed by atoms with Crippen molar-refractivity contribution < 1.29 is 14.6 Å². The molecule has 152 valence electrons. The minimum atomic E-state index is -1.34. The van der Waals surface area contributed by atoms with Crippen molar-refractivity contribution in [1.82, 2.24) is 9.97 Å². The predicted molar refractivity (Wildman–Crippen MR) is 120 cm³/mol. The summed E-state index contributed by atoms with van der Waals surface area (Å²) in [4.78, 5) is 24.3. The van der Waals surface area contributed by atoms with E-state index in [0.717, 1.165) is 47.8 Å². The van der Waals surface area contributed by atoms with Crippen molar-refractivity contribution in [3.63, 3.8) is 0 Å². The highest BCUT2D eigenvalue weighted by molar-refractivity contribution is 7.22. The second kappa shape index (κ2) is 7.91. The molecule has 2 aromatic carbocycles. The molecule has 5 rings (SSSR count). The SMILES string of the molecule is O=C(O)Oc1ccc2nc(-c3cc4ccccc4s3)c(N3CCCCCC3)nc2c1. The minimum Gasteiger partial charge on any atom is -0.449 e. The fourth-order valence-electron chi connectivity index (χ4n) is 3.96. The molecular formula is C23H21N3O3S. The quantitative estimate of drug-likeness (QED) is 0.327. The van der Waals surface area contributed by atoms with E-state index in [0.29, 0.717) is 5.52 Å². The summed E-state index contributed by atoms with van der Waals surface area (Å²) in [6.07, 6.45) is 3.39. The average molecular weight is 420 g/mol. The number of anilines is 1. The number of hydrogen-bond donors (Lipinski definition) is 1. The number of thiophene rings is 1. The third kappa shape index (κ3) is 3.68. The lowest BCUT2D eigenvalue weighted by Crippen LogP contribution is -2.26. The molecule has 0 unspecified atom stereocenters. The normalized spacial score (nSPS) is 14.7. The number of benzene rings is 2. The first-order valence-corrected chi connectivity index (χ1v) is 11.0. The van der Waals surface area contributed by atoms with Crippen LogP contribution < -0.4 is 9.64 Å². The molecule has 30 heavy (non-hydrogen) atoms. The highest BCUT2D eigenvalue weighted by atomic mass is 32.1. The Morgan fingerprint density at radius 1 is 0.967 bits per heavy atom. The number of aromatic nitrogens is 2. The van der Waals surface area contributed by atoms with Crippen LogP contribution in [0.3, 0.4) is 0 Å². The third-order valence-electron chi connectivity index (χ3n) is 5.39. The van der Waals surface area contributed by atoms with Crippen molar-refractivity contribution in [2.45, 2.75) is 25.7 Å². The van der Waals surface area contributed by atoms with E-state index in [9.17, 15) is 4.79 Å². The summed E-state index contributed by atoms with van der Waals surface area (Å²) in [5.41, 5.74) is 2.24. The van der Waals surface area contributed by atoms with E-state index in [1.165, 1.54) is 22.9 Å². The second-order valence-electron chi connectivity index (χ2n) is 7.46. The largest absolute Gasteiger partial charge is 0.511 e. The topological polar surface area (TPSA) is 75.6 Å². The maximum atomic E-state index is 10.9. The van der Waals surface area contributed by atoms with Crippen LogP contribution in [0.2, 0.25) is 0 Å². The Labute approximate surface area is 177 Å². The molecule has 0 saturated carbocycles. The second-order valence-corrected chi connectivity index (χ2v) is 8.55. The zero-order chi connectivity index (χ0) is 20.5. The average Bonchev–Trinajstić information content (AvgIpc) is 2.98. The number of hydrogen-bond acceptors (Lipinski definition) is 6. The maximum Gasteiger partial charge on any atom is 0.511 e. The Morgan fingerprint density at radius 3 is 2.53 bits per heavy atom. The van der Waals surface area contributed by atoms with Crippen LogP contribution in [-0.4, -0.2) is 34.3 Å². The van der Waals surface area contributed by atoms with Gasteiger partial charge in [0.1, 0.15) is 11.4 Å². The predicted octanol–water partition coefficient (Wildman–Crippen LogP) is 5.95. The molecule has 0 atom stereocenters. The van der Waals surface area contributed by atoms with Crippen LogP contribution in [0.5, 0.6) is 5.75 Å². The Kier molecular flexibility index (Phi) is 4.96. The molecule has 2 aromatic heterocycles. The summed E-state index contributed by atoms with van der Waals surface area (Å²) >= 11 is 1.72. The van der Waals surface area contributed by atoms with Crippen molar-refractivity contribution in [3.05, 3.63) is 48.5 Å². The smallest absolute Gasteiger partial charge is 0.449 e. The van der Waals surface area contributed by atoms with Gasteiger partial charge in [0, 0.05) is 23.9 Å². The van der Waals surface area contributed by atoms with Gasteiger partial charge in [0.25, 0.3) is 0 Å². The monoisotopic (exact) mass is 419 g/mol. The van der Waals surface area contributed by atoms with Gasteiger partial charge >= 0.3 is 6.16 Å². The lowest BCUT2D eigenvalue weighted by Gasteiger charge is -2.23. The highest BCUT2D eigenvalue weighted by Gasteiger charge is 2.20. The Hall–Kier alpha value is -3.19. The number of carboxylic acid groups (broad SMARTS) is 1. The van der Waals surface area contributed by atoms with Crippen molar-refractivity contribution in [1.29, 1.82) is 0 Å². The van der Waals surface area contributed by atoms with Gasteiger partial charge in [-0.15, -0.1) is 11.3 Å². The Bertz CT molecular complexity index is 1200. The van der Waals surface area contributed by atoms with Gasteiger partial charge in [0.05, 0.1) is 15.9 Å². The van der Waals surface area contributed by atoms with Crippen LogP contribution >= 0.6 is 11.3 Å². The number of rotatable bonds is 3. The van der Waals surface area contributed by atoms with E-state index >= 15 is 0 Å². The summed E-state index contributed by atoms with van der Waals surface area (Å²) in [5, 5.41) is 10.1. The summed E-state index contributed by atoms with van der Waals surface area (Å²) < 4.78 is 6.04. The summed E-state index contributed by atoms with van der Waals surface area (Å²) in [6.45, 7) is 1.90. The number of ether oxygens (including phenoxy) is 1. The van der Waals surface area contributed by atoms with E-state index in [-0.39, 0.29) is 5.75 Å². The Balaban J connectivity index is 1.68. The van der Waals surface area contributed by atoms with Crippen LogP contribution in [0.1, 0.15) is 25.7 Å². The van der Waals surface area contributed by atoms with E-state index in [4.69, 9.17) is 19.8 Å². The van der Waals surface area contributed by atoms with Crippen LogP contribution in [-0.2, 0) is 0 Å². The third-order valence-corrected chi connectivity index (χ3v) is 6.51.